The summed E-state index contributed by atoms with van der Waals surface area (Å²) < 4.78 is 44.6. The van der Waals surface area contributed by atoms with E-state index in [2.05, 4.69) is 5.10 Å². The lowest BCUT2D eigenvalue weighted by Crippen LogP contribution is -2.56. The number of aliphatic hydroxyl groups is 1. The Morgan fingerprint density at radius 3 is 2.64 bits per heavy atom. The van der Waals surface area contributed by atoms with Crippen LogP contribution < -0.4 is 4.74 Å². The number of para-hydroxylation sites is 1. The third-order valence-corrected chi connectivity index (χ3v) is 3.43. The van der Waals surface area contributed by atoms with Crippen LogP contribution >= 0.6 is 0 Å². The topological polar surface area (TPSA) is 62.1 Å². The number of hydrogen-bond donors (Lipinski definition) is 1. The van der Waals surface area contributed by atoms with Gasteiger partial charge in [0, 0.05) is 12.1 Å². The van der Waals surface area contributed by atoms with E-state index in [1.807, 2.05) is 0 Å². The average Bonchev–Trinajstić information content (AvgIpc) is 2.84. The van der Waals surface area contributed by atoms with Crippen LogP contribution in [0.15, 0.2) is 29.4 Å². The van der Waals surface area contributed by atoms with Crippen LogP contribution in [0.5, 0.6) is 5.75 Å². The minimum absolute atomic E-state index is 0.100. The molecule has 0 saturated carbocycles. The van der Waals surface area contributed by atoms with Crippen LogP contribution in [0.25, 0.3) is 0 Å². The molecule has 22 heavy (non-hydrogen) atoms. The molecule has 0 aliphatic carbocycles. The minimum Gasteiger partial charge on any atom is -0.496 e. The van der Waals surface area contributed by atoms with Crippen molar-refractivity contribution in [2.24, 2.45) is 5.10 Å². The van der Waals surface area contributed by atoms with Crippen molar-refractivity contribution < 1.29 is 27.8 Å². The van der Waals surface area contributed by atoms with E-state index in [9.17, 15) is 23.1 Å². The summed E-state index contributed by atoms with van der Waals surface area (Å²) in [5.41, 5.74) is -3.34. The number of hydrazone groups is 1. The smallest absolute Gasteiger partial charge is 0.438 e. The number of rotatable bonds is 3. The molecule has 0 spiro atoms. The molecule has 8 heteroatoms. The van der Waals surface area contributed by atoms with E-state index in [0.717, 1.165) is 0 Å². The van der Waals surface area contributed by atoms with Gasteiger partial charge in [-0.05, 0) is 18.6 Å². The molecule has 5 nitrogen and oxygen atoms in total. The summed E-state index contributed by atoms with van der Waals surface area (Å²) in [7, 11) is 1.30. The Bertz CT molecular complexity index is 616. The predicted octanol–water partition coefficient (Wildman–Crippen LogP) is 2.56. The number of nitrogens with zero attached hydrogens (tertiary/aromatic N) is 2. The van der Waals surface area contributed by atoms with Gasteiger partial charge in [-0.2, -0.15) is 23.3 Å². The minimum atomic E-state index is -5.02. The summed E-state index contributed by atoms with van der Waals surface area (Å²) in [6.07, 6.45) is -5.58. The SMILES string of the molecule is CCC1=NN(C(=O)c2ccccc2OC)[C@](O)(C(F)(F)F)C1. The first-order valence-electron chi connectivity index (χ1n) is 6.57. The second kappa shape index (κ2) is 5.60. The molecule has 1 amide bonds. The van der Waals surface area contributed by atoms with Gasteiger partial charge in [0.25, 0.3) is 11.6 Å². The first-order chi connectivity index (χ1) is 10.2. The van der Waals surface area contributed by atoms with Crippen molar-refractivity contribution in [2.75, 3.05) is 7.11 Å². The Balaban J connectivity index is 2.47. The van der Waals surface area contributed by atoms with Crippen molar-refractivity contribution in [3.63, 3.8) is 0 Å². The lowest BCUT2D eigenvalue weighted by molar-refractivity contribution is -0.297. The summed E-state index contributed by atoms with van der Waals surface area (Å²) in [4.78, 5) is 12.4. The third kappa shape index (κ3) is 2.54. The number of methoxy groups -OCH3 is 1. The van der Waals surface area contributed by atoms with E-state index in [4.69, 9.17) is 4.74 Å². The average molecular weight is 316 g/mol. The van der Waals surface area contributed by atoms with Crippen LogP contribution in [0, 0.1) is 0 Å². The zero-order chi connectivity index (χ0) is 16.5. The lowest BCUT2D eigenvalue weighted by atomic mass is 10.0. The number of amides is 1. The molecular weight excluding hydrogens is 301 g/mol. The van der Waals surface area contributed by atoms with E-state index in [-0.39, 0.29) is 28.5 Å². The quantitative estimate of drug-likeness (QED) is 0.932. The monoisotopic (exact) mass is 316 g/mol. The molecule has 1 aromatic carbocycles. The van der Waals surface area contributed by atoms with E-state index in [1.165, 1.54) is 25.3 Å². The largest absolute Gasteiger partial charge is 0.496 e. The molecule has 0 unspecified atom stereocenters. The van der Waals surface area contributed by atoms with Crippen LogP contribution in [0.2, 0.25) is 0 Å². The normalized spacial score (nSPS) is 21.7. The standard InChI is InChI=1S/C14H15F3N2O3/c1-3-9-8-13(21,14(15,16)17)19(18-9)12(20)10-6-4-5-7-11(10)22-2/h4-7,21H,3,8H2,1-2H3/t13-/m1/s1. The van der Waals surface area contributed by atoms with Gasteiger partial charge < -0.3 is 9.84 Å². The van der Waals surface area contributed by atoms with Gasteiger partial charge in [0.1, 0.15) is 5.75 Å². The molecule has 0 radical (unpaired) electrons. The number of alkyl halides is 3. The Labute approximate surface area is 125 Å². The molecule has 2 rings (SSSR count). The van der Waals surface area contributed by atoms with Gasteiger partial charge in [-0.3, -0.25) is 4.79 Å². The first-order valence-corrected chi connectivity index (χ1v) is 6.57. The molecule has 1 aliphatic rings. The summed E-state index contributed by atoms with van der Waals surface area (Å²) in [5.74, 6) is -0.960. The van der Waals surface area contributed by atoms with Crippen LogP contribution in [0.4, 0.5) is 13.2 Å². The van der Waals surface area contributed by atoms with E-state index in [0.29, 0.717) is 0 Å². The number of carbonyl (C=O) groups is 1. The summed E-state index contributed by atoms with van der Waals surface area (Å²) in [6.45, 7) is 1.60. The molecule has 0 saturated heterocycles. The van der Waals surface area contributed by atoms with Crippen LogP contribution in [-0.2, 0) is 0 Å². The maximum atomic E-state index is 13.2. The van der Waals surface area contributed by atoms with Gasteiger partial charge in [-0.15, -0.1) is 0 Å². The second-order valence-electron chi connectivity index (χ2n) is 4.83. The Hall–Kier alpha value is -2.09. The molecule has 1 aromatic rings. The highest BCUT2D eigenvalue weighted by Gasteiger charge is 2.63. The van der Waals surface area contributed by atoms with Crippen molar-refractivity contribution in [1.29, 1.82) is 0 Å². The second-order valence-corrected chi connectivity index (χ2v) is 4.83. The fourth-order valence-electron chi connectivity index (χ4n) is 2.18. The van der Waals surface area contributed by atoms with Crippen molar-refractivity contribution in [1.82, 2.24) is 5.01 Å². The summed E-state index contributed by atoms with van der Waals surface area (Å²) >= 11 is 0. The maximum absolute atomic E-state index is 13.2. The van der Waals surface area contributed by atoms with Gasteiger partial charge in [-0.25, -0.2) is 0 Å². The van der Waals surface area contributed by atoms with E-state index in [1.54, 1.807) is 13.0 Å². The maximum Gasteiger partial charge on any atom is 0.438 e. The predicted molar refractivity (Wildman–Crippen MR) is 72.5 cm³/mol. The van der Waals surface area contributed by atoms with Crippen LogP contribution in [0.1, 0.15) is 30.1 Å². The van der Waals surface area contributed by atoms with Crippen molar-refractivity contribution in [3.05, 3.63) is 29.8 Å². The van der Waals surface area contributed by atoms with Gasteiger partial charge in [0.05, 0.1) is 12.7 Å². The molecule has 120 valence electrons. The molecule has 1 N–H and O–H groups in total. The first kappa shape index (κ1) is 16.3. The van der Waals surface area contributed by atoms with Crippen molar-refractivity contribution in [2.45, 2.75) is 31.7 Å². The number of hydrogen-bond acceptors (Lipinski definition) is 4. The van der Waals surface area contributed by atoms with Crippen molar-refractivity contribution >= 4 is 11.6 Å². The number of ether oxygens (including phenoxy) is 1. The van der Waals surface area contributed by atoms with Gasteiger partial charge in [0.15, 0.2) is 0 Å². The summed E-state index contributed by atoms with van der Waals surface area (Å²) in [5, 5.41) is 13.8. The third-order valence-electron chi connectivity index (χ3n) is 3.43. The van der Waals surface area contributed by atoms with Gasteiger partial charge in [0.2, 0.25) is 0 Å². The highest BCUT2D eigenvalue weighted by atomic mass is 19.4. The summed E-state index contributed by atoms with van der Waals surface area (Å²) in [6, 6.07) is 5.83. The Morgan fingerprint density at radius 1 is 1.45 bits per heavy atom. The molecule has 1 atom stereocenters. The molecule has 1 aliphatic heterocycles. The van der Waals surface area contributed by atoms with Crippen LogP contribution in [0.3, 0.4) is 0 Å². The highest BCUT2D eigenvalue weighted by Crippen LogP contribution is 2.41. The number of carbonyl (C=O) groups excluding carboxylic acids is 1. The van der Waals surface area contributed by atoms with Gasteiger partial charge in [-0.1, -0.05) is 19.1 Å². The zero-order valence-electron chi connectivity index (χ0n) is 12.0. The molecule has 0 fully saturated rings. The molecule has 0 bridgehead atoms. The Kier molecular flexibility index (Phi) is 4.15. The molecular formula is C14H15F3N2O3. The highest BCUT2D eigenvalue weighted by molar-refractivity contribution is 6.00. The zero-order valence-corrected chi connectivity index (χ0v) is 12.0. The van der Waals surface area contributed by atoms with Crippen LogP contribution in [-0.4, -0.2) is 40.7 Å². The number of benzene rings is 1. The fraction of sp³-hybridized carbons (Fsp3) is 0.429. The molecule has 1 heterocycles. The number of halogens is 3. The lowest BCUT2D eigenvalue weighted by Gasteiger charge is -2.32. The fourth-order valence-corrected chi connectivity index (χ4v) is 2.18. The van der Waals surface area contributed by atoms with E-state index >= 15 is 0 Å². The Morgan fingerprint density at radius 2 is 2.09 bits per heavy atom. The molecule has 0 aromatic heterocycles. The van der Waals surface area contributed by atoms with Crippen molar-refractivity contribution in [3.8, 4) is 5.75 Å². The van der Waals surface area contributed by atoms with E-state index < -0.39 is 24.2 Å². The van der Waals surface area contributed by atoms with Gasteiger partial charge >= 0.3 is 6.18 Å².